The maximum Gasteiger partial charge on any atom is 0.141 e. The van der Waals surface area contributed by atoms with E-state index in [4.69, 9.17) is 16.3 Å². The molecule has 1 aromatic rings. The Morgan fingerprint density at radius 1 is 1.27 bits per heavy atom. The summed E-state index contributed by atoms with van der Waals surface area (Å²) in [6, 6.07) is 6.12. The number of nitrogens with one attached hydrogen (secondary N) is 1. The van der Waals surface area contributed by atoms with Crippen molar-refractivity contribution in [3.8, 4) is 0 Å². The van der Waals surface area contributed by atoms with Crippen LogP contribution in [-0.4, -0.2) is 25.3 Å². The molecular formula is C11H13ClFNO. The van der Waals surface area contributed by atoms with Crippen LogP contribution in [0.2, 0.25) is 5.02 Å². The second kappa shape index (κ2) is 4.92. The van der Waals surface area contributed by atoms with Gasteiger partial charge in [0.1, 0.15) is 5.82 Å². The van der Waals surface area contributed by atoms with E-state index in [0.29, 0.717) is 12.2 Å². The molecule has 0 saturated carbocycles. The molecular weight excluding hydrogens is 217 g/mol. The van der Waals surface area contributed by atoms with Crippen molar-refractivity contribution in [1.82, 2.24) is 5.32 Å². The van der Waals surface area contributed by atoms with Crippen molar-refractivity contribution in [3.63, 3.8) is 0 Å². The first kappa shape index (κ1) is 10.9. The van der Waals surface area contributed by atoms with Crippen molar-refractivity contribution in [1.29, 1.82) is 0 Å². The molecule has 2 nitrogen and oxygen atoms in total. The third kappa shape index (κ3) is 2.91. The molecule has 3 saturated heterocycles. The normalized spacial score (nSPS) is 27.3. The minimum absolute atomic E-state index is 0.174. The lowest BCUT2D eigenvalue weighted by atomic mass is 10.0. The summed E-state index contributed by atoms with van der Waals surface area (Å²) in [6.07, 6.45) is 2.44. The largest absolute Gasteiger partial charge is 0.372 e. The number of fused-ring (bicyclic) bond motifs is 2. The average molecular weight is 230 g/mol. The fourth-order valence-electron chi connectivity index (χ4n) is 1.66. The van der Waals surface area contributed by atoms with Gasteiger partial charge in [-0.1, -0.05) is 23.7 Å². The molecule has 0 aliphatic carbocycles. The first-order valence-electron chi connectivity index (χ1n) is 5.02. The van der Waals surface area contributed by atoms with E-state index in [1.165, 1.54) is 18.6 Å². The van der Waals surface area contributed by atoms with E-state index in [1.54, 1.807) is 12.1 Å². The molecule has 4 heteroatoms. The van der Waals surface area contributed by atoms with Crippen LogP contribution in [0.4, 0.5) is 4.39 Å². The van der Waals surface area contributed by atoms with Gasteiger partial charge in [-0.2, -0.15) is 0 Å². The fourth-order valence-corrected chi connectivity index (χ4v) is 1.80. The van der Waals surface area contributed by atoms with Crippen LogP contribution >= 0.6 is 11.6 Å². The lowest BCUT2D eigenvalue weighted by molar-refractivity contribution is -0.143. The Hall–Kier alpha value is -0.640. The van der Waals surface area contributed by atoms with Crippen molar-refractivity contribution in [2.24, 2.45) is 0 Å². The van der Waals surface area contributed by atoms with Crippen molar-refractivity contribution in [3.05, 3.63) is 35.1 Å². The highest BCUT2D eigenvalue weighted by Gasteiger charge is 2.33. The Balaban J connectivity index is 0.000000114. The van der Waals surface area contributed by atoms with Gasteiger partial charge in [0.2, 0.25) is 0 Å². The highest BCUT2D eigenvalue weighted by molar-refractivity contribution is 6.30. The number of benzene rings is 1. The van der Waals surface area contributed by atoms with Crippen LogP contribution in [0.15, 0.2) is 24.3 Å². The summed E-state index contributed by atoms with van der Waals surface area (Å²) in [7, 11) is 0. The molecule has 3 heterocycles. The minimum Gasteiger partial charge on any atom is -0.372 e. The van der Waals surface area contributed by atoms with Gasteiger partial charge in [0.15, 0.2) is 0 Å². The van der Waals surface area contributed by atoms with Crippen LogP contribution in [0.25, 0.3) is 0 Å². The maximum atomic E-state index is 12.2. The molecule has 2 bridgehead atoms. The maximum absolute atomic E-state index is 12.2. The van der Waals surface area contributed by atoms with Gasteiger partial charge in [0.05, 0.1) is 17.2 Å². The lowest BCUT2D eigenvalue weighted by Gasteiger charge is -2.41. The monoisotopic (exact) mass is 229 g/mol. The third-order valence-electron chi connectivity index (χ3n) is 2.48. The topological polar surface area (TPSA) is 21.3 Å². The molecule has 0 radical (unpaired) electrons. The van der Waals surface area contributed by atoms with Crippen LogP contribution in [0, 0.1) is 5.82 Å². The predicted molar refractivity (Wildman–Crippen MR) is 57.6 cm³/mol. The highest BCUT2D eigenvalue weighted by Crippen LogP contribution is 2.22. The summed E-state index contributed by atoms with van der Waals surface area (Å²) in [5, 5.41) is 3.43. The summed E-state index contributed by atoms with van der Waals surface area (Å²) < 4.78 is 17.5. The molecule has 0 aromatic heterocycles. The Morgan fingerprint density at radius 2 is 1.87 bits per heavy atom. The summed E-state index contributed by atoms with van der Waals surface area (Å²) in [4.78, 5) is 0. The van der Waals surface area contributed by atoms with Crippen LogP contribution in [0.1, 0.15) is 6.42 Å². The van der Waals surface area contributed by atoms with E-state index in [9.17, 15) is 4.39 Å². The summed E-state index contributed by atoms with van der Waals surface area (Å²) in [5.74, 6) is -0.367. The molecule has 2 atom stereocenters. The quantitative estimate of drug-likeness (QED) is 0.737. The zero-order valence-electron chi connectivity index (χ0n) is 8.25. The third-order valence-corrected chi connectivity index (χ3v) is 2.79. The first-order valence-corrected chi connectivity index (χ1v) is 5.39. The van der Waals surface area contributed by atoms with Crippen molar-refractivity contribution in [2.45, 2.75) is 18.6 Å². The number of rotatable bonds is 0. The number of morpholine rings is 1. The van der Waals surface area contributed by atoms with E-state index >= 15 is 0 Å². The zero-order chi connectivity index (χ0) is 10.7. The van der Waals surface area contributed by atoms with Crippen molar-refractivity contribution >= 4 is 11.6 Å². The van der Waals surface area contributed by atoms with Gasteiger partial charge in [-0.25, -0.2) is 4.39 Å². The highest BCUT2D eigenvalue weighted by atomic mass is 35.5. The molecule has 3 aliphatic rings. The fraction of sp³-hybridized carbons (Fsp3) is 0.455. The van der Waals surface area contributed by atoms with Gasteiger partial charge >= 0.3 is 0 Å². The molecule has 3 aliphatic heterocycles. The van der Waals surface area contributed by atoms with Gasteiger partial charge in [-0.05, 0) is 12.1 Å². The number of halogens is 2. The van der Waals surface area contributed by atoms with E-state index in [-0.39, 0.29) is 10.8 Å². The van der Waals surface area contributed by atoms with Crippen LogP contribution in [0.3, 0.4) is 0 Å². The number of ether oxygens (including phenoxy) is 1. The molecule has 4 rings (SSSR count). The standard InChI is InChI=1S/C6H4ClF.C5H9NO/c7-5-3-1-2-4-6(5)8;1-4-2-6-3-5(1)7-4/h1-4H;4-6H,1-3H2. The second-order valence-electron chi connectivity index (χ2n) is 3.69. The first-order chi connectivity index (χ1) is 7.25. The smallest absolute Gasteiger partial charge is 0.141 e. The van der Waals surface area contributed by atoms with Crippen molar-refractivity contribution < 1.29 is 9.13 Å². The van der Waals surface area contributed by atoms with E-state index in [1.807, 2.05) is 0 Å². The minimum atomic E-state index is -0.367. The van der Waals surface area contributed by atoms with E-state index < -0.39 is 0 Å². The Labute approximate surface area is 93.4 Å². The Morgan fingerprint density at radius 3 is 2.13 bits per heavy atom. The molecule has 2 unspecified atom stereocenters. The van der Waals surface area contributed by atoms with Crippen LogP contribution in [-0.2, 0) is 4.74 Å². The summed E-state index contributed by atoms with van der Waals surface area (Å²) in [6.45, 7) is 2.16. The van der Waals surface area contributed by atoms with Gasteiger partial charge in [0, 0.05) is 19.5 Å². The number of hydrogen-bond acceptors (Lipinski definition) is 2. The Bertz CT molecular complexity index is 294. The summed E-state index contributed by atoms with van der Waals surface area (Å²) >= 11 is 5.33. The zero-order valence-corrected chi connectivity index (χ0v) is 9.01. The SMILES string of the molecule is C1NCC2CC1O2.Fc1ccccc1Cl. The molecule has 3 fully saturated rings. The lowest BCUT2D eigenvalue weighted by Crippen LogP contribution is -2.55. The van der Waals surface area contributed by atoms with Gasteiger partial charge in [0.25, 0.3) is 0 Å². The van der Waals surface area contributed by atoms with Crippen LogP contribution in [0.5, 0.6) is 0 Å². The average Bonchev–Trinajstić information content (AvgIpc) is 2.24. The molecule has 1 aromatic carbocycles. The van der Waals surface area contributed by atoms with E-state index in [0.717, 1.165) is 13.1 Å². The number of hydrogen-bond donors (Lipinski definition) is 1. The van der Waals surface area contributed by atoms with Crippen molar-refractivity contribution in [2.75, 3.05) is 13.1 Å². The molecule has 0 spiro atoms. The summed E-state index contributed by atoms with van der Waals surface area (Å²) in [5.41, 5.74) is 0. The molecule has 1 N–H and O–H groups in total. The number of piperidine rings is 1. The Kier molecular flexibility index (Phi) is 3.57. The van der Waals surface area contributed by atoms with Gasteiger partial charge < -0.3 is 10.1 Å². The van der Waals surface area contributed by atoms with E-state index in [2.05, 4.69) is 5.32 Å². The second-order valence-corrected chi connectivity index (χ2v) is 4.10. The van der Waals surface area contributed by atoms with Gasteiger partial charge in [-0.3, -0.25) is 0 Å². The predicted octanol–water partition coefficient (Wildman–Crippen LogP) is 2.23. The van der Waals surface area contributed by atoms with Gasteiger partial charge in [-0.15, -0.1) is 0 Å². The molecule has 82 valence electrons. The molecule has 15 heavy (non-hydrogen) atoms. The van der Waals surface area contributed by atoms with Crippen LogP contribution < -0.4 is 5.32 Å². The molecule has 0 amide bonds.